The molecule has 0 saturated carbocycles. The second-order valence-corrected chi connectivity index (χ2v) is 3.86. The van der Waals surface area contributed by atoms with E-state index in [9.17, 15) is 9.59 Å². The average Bonchev–Trinajstić information content (AvgIpc) is 2.26. The van der Waals surface area contributed by atoms with Crippen LogP contribution in [-0.4, -0.2) is 22.8 Å². The molecule has 4 N–H and O–H groups in total. The van der Waals surface area contributed by atoms with Crippen molar-refractivity contribution in [2.24, 2.45) is 10.8 Å². The fraction of sp³-hybridized carbons (Fsp3) is 0.727. The first-order valence-corrected chi connectivity index (χ1v) is 5.89. The molecule has 98 valence electrons. The van der Waals surface area contributed by atoms with Crippen LogP contribution in [0.2, 0.25) is 0 Å². The normalized spacial score (nSPS) is 11.2. The van der Waals surface area contributed by atoms with Crippen LogP contribution in [0.4, 0.5) is 4.79 Å². The molecule has 0 aliphatic rings. The third-order valence-corrected chi connectivity index (χ3v) is 2.25. The van der Waals surface area contributed by atoms with E-state index in [1.807, 2.05) is 0 Å². The smallest absolute Gasteiger partial charge is 0.332 e. The zero-order valence-electron chi connectivity index (χ0n) is 10.2. The van der Waals surface area contributed by atoms with Crippen molar-refractivity contribution < 1.29 is 14.7 Å². The number of hydrogen-bond donors (Lipinski definition) is 3. The number of carboxylic acid groups (broad SMARTS) is 1. The van der Waals surface area contributed by atoms with Gasteiger partial charge in [-0.15, -0.1) is 0 Å². The van der Waals surface area contributed by atoms with Gasteiger partial charge in [0.15, 0.2) is 0 Å². The summed E-state index contributed by atoms with van der Waals surface area (Å²) in [4.78, 5) is 20.9. The molecule has 6 nitrogen and oxygen atoms in total. The maximum atomic E-state index is 10.5. The number of hydrogen-bond acceptors (Lipinski definition) is 3. The summed E-state index contributed by atoms with van der Waals surface area (Å²) in [5.41, 5.74) is 8.02. The Hall–Kier alpha value is -1.59. The summed E-state index contributed by atoms with van der Waals surface area (Å²) in [7, 11) is 0. The molecular weight excluding hydrogens is 222 g/mol. The Labute approximate surface area is 101 Å². The molecule has 0 aliphatic heterocycles. The second kappa shape index (κ2) is 9.62. The van der Waals surface area contributed by atoms with E-state index in [4.69, 9.17) is 10.8 Å². The number of hydrazone groups is 1. The van der Waals surface area contributed by atoms with E-state index >= 15 is 0 Å². The van der Waals surface area contributed by atoms with E-state index in [2.05, 4.69) is 17.5 Å². The summed E-state index contributed by atoms with van der Waals surface area (Å²) in [6, 6.07) is -0.676. The third kappa shape index (κ3) is 10.7. The molecule has 0 bridgehead atoms. The Morgan fingerprint density at radius 3 is 2.29 bits per heavy atom. The zero-order chi connectivity index (χ0) is 13.1. The predicted molar refractivity (Wildman–Crippen MR) is 65.8 cm³/mol. The number of nitrogens with one attached hydrogen (secondary N) is 1. The number of aliphatic carboxylic acids is 1. The molecule has 17 heavy (non-hydrogen) atoms. The summed E-state index contributed by atoms with van der Waals surface area (Å²) in [5.74, 6) is -0.785. The van der Waals surface area contributed by atoms with Crippen LogP contribution >= 0.6 is 0 Å². The van der Waals surface area contributed by atoms with Gasteiger partial charge in [0.25, 0.3) is 0 Å². The SMILES string of the molecule is CCCC/C(CCCCC(=O)O)=N\NC(N)=O. The van der Waals surface area contributed by atoms with Crippen LogP contribution in [0, 0.1) is 0 Å². The molecule has 0 aromatic carbocycles. The molecule has 0 aromatic heterocycles. The van der Waals surface area contributed by atoms with Gasteiger partial charge in [-0.25, -0.2) is 10.2 Å². The summed E-state index contributed by atoms with van der Waals surface area (Å²) in [5, 5.41) is 12.4. The molecule has 0 atom stereocenters. The number of carbonyl (C=O) groups excluding carboxylic acids is 1. The number of unbranched alkanes of at least 4 members (excludes halogenated alkanes) is 2. The van der Waals surface area contributed by atoms with E-state index in [0.717, 1.165) is 31.4 Å². The van der Waals surface area contributed by atoms with Gasteiger partial charge in [0.2, 0.25) is 0 Å². The Balaban J connectivity index is 3.96. The van der Waals surface area contributed by atoms with Crippen LogP contribution in [0.5, 0.6) is 0 Å². The lowest BCUT2D eigenvalue weighted by atomic mass is 10.1. The number of primary amides is 1. The van der Waals surface area contributed by atoms with Crippen LogP contribution < -0.4 is 11.2 Å². The molecule has 2 amide bonds. The lowest BCUT2D eigenvalue weighted by molar-refractivity contribution is -0.137. The Morgan fingerprint density at radius 2 is 1.76 bits per heavy atom. The molecular formula is C11H21N3O3. The first-order chi connectivity index (χ1) is 8.06. The highest BCUT2D eigenvalue weighted by atomic mass is 16.4. The summed E-state index contributed by atoms with van der Waals surface area (Å²) in [6.07, 6.45) is 5.11. The topological polar surface area (TPSA) is 105 Å². The van der Waals surface area contributed by atoms with Gasteiger partial charge >= 0.3 is 12.0 Å². The zero-order valence-corrected chi connectivity index (χ0v) is 10.2. The van der Waals surface area contributed by atoms with E-state index in [0.29, 0.717) is 12.8 Å². The first-order valence-electron chi connectivity index (χ1n) is 5.89. The van der Waals surface area contributed by atoms with Gasteiger partial charge in [0, 0.05) is 12.1 Å². The second-order valence-electron chi connectivity index (χ2n) is 3.86. The molecule has 0 aliphatic carbocycles. The molecule has 0 heterocycles. The van der Waals surface area contributed by atoms with E-state index in [1.54, 1.807) is 0 Å². The van der Waals surface area contributed by atoms with Gasteiger partial charge in [-0.1, -0.05) is 13.3 Å². The highest BCUT2D eigenvalue weighted by molar-refractivity contribution is 5.85. The predicted octanol–water partition coefficient (Wildman–Crippen LogP) is 1.85. The van der Waals surface area contributed by atoms with Gasteiger partial charge in [0.1, 0.15) is 0 Å². The molecule has 0 radical (unpaired) electrons. The first kappa shape index (κ1) is 15.4. The number of carbonyl (C=O) groups is 2. The standard InChI is InChI=1S/C11H21N3O3/c1-2-3-6-9(13-14-11(12)17)7-4-5-8-10(15)16/h2-8H2,1H3,(H,15,16)(H3,12,14,17)/b13-9+. The maximum Gasteiger partial charge on any atom is 0.332 e. The fourth-order valence-corrected chi connectivity index (χ4v) is 1.36. The van der Waals surface area contributed by atoms with Crippen molar-refractivity contribution >= 4 is 17.7 Å². The molecule has 0 aromatic rings. The molecule has 0 fully saturated rings. The van der Waals surface area contributed by atoms with Gasteiger partial charge in [-0.3, -0.25) is 4.79 Å². The Bertz CT molecular complexity index is 277. The minimum Gasteiger partial charge on any atom is -0.481 e. The lowest BCUT2D eigenvalue weighted by Crippen LogP contribution is -2.25. The summed E-state index contributed by atoms with van der Waals surface area (Å²) >= 11 is 0. The number of nitrogens with two attached hydrogens (primary N) is 1. The molecule has 0 spiro atoms. The molecule has 0 rings (SSSR count). The summed E-state index contributed by atoms with van der Waals surface area (Å²) < 4.78 is 0. The van der Waals surface area contributed by atoms with E-state index < -0.39 is 12.0 Å². The fourth-order valence-electron chi connectivity index (χ4n) is 1.36. The Kier molecular flexibility index (Phi) is 8.72. The van der Waals surface area contributed by atoms with Crippen LogP contribution in [0.15, 0.2) is 5.10 Å². The number of rotatable bonds is 9. The van der Waals surface area contributed by atoms with Crippen molar-refractivity contribution in [3.05, 3.63) is 0 Å². The van der Waals surface area contributed by atoms with Crippen molar-refractivity contribution in [3.8, 4) is 0 Å². The molecule has 6 heteroatoms. The number of amides is 2. The van der Waals surface area contributed by atoms with Crippen molar-refractivity contribution in [1.82, 2.24) is 5.43 Å². The van der Waals surface area contributed by atoms with Gasteiger partial charge in [-0.05, 0) is 32.1 Å². The van der Waals surface area contributed by atoms with Crippen molar-refractivity contribution in [1.29, 1.82) is 0 Å². The molecule has 0 saturated heterocycles. The van der Waals surface area contributed by atoms with Gasteiger partial charge in [0.05, 0.1) is 0 Å². The van der Waals surface area contributed by atoms with E-state index in [-0.39, 0.29) is 6.42 Å². The third-order valence-electron chi connectivity index (χ3n) is 2.25. The highest BCUT2D eigenvalue weighted by Gasteiger charge is 2.02. The van der Waals surface area contributed by atoms with E-state index in [1.165, 1.54) is 0 Å². The van der Waals surface area contributed by atoms with Gasteiger partial charge in [-0.2, -0.15) is 5.10 Å². The largest absolute Gasteiger partial charge is 0.481 e. The van der Waals surface area contributed by atoms with Crippen LogP contribution in [-0.2, 0) is 4.79 Å². The Morgan fingerprint density at radius 1 is 1.18 bits per heavy atom. The van der Waals surface area contributed by atoms with Crippen molar-refractivity contribution in [2.45, 2.75) is 51.9 Å². The minimum absolute atomic E-state index is 0.171. The van der Waals surface area contributed by atoms with Crippen LogP contribution in [0.25, 0.3) is 0 Å². The minimum atomic E-state index is -0.785. The van der Waals surface area contributed by atoms with Crippen LogP contribution in [0.3, 0.4) is 0 Å². The monoisotopic (exact) mass is 243 g/mol. The molecule has 0 unspecified atom stereocenters. The van der Waals surface area contributed by atoms with Gasteiger partial charge < -0.3 is 10.8 Å². The number of urea groups is 1. The van der Waals surface area contributed by atoms with Crippen LogP contribution in [0.1, 0.15) is 51.9 Å². The average molecular weight is 243 g/mol. The highest BCUT2D eigenvalue weighted by Crippen LogP contribution is 2.06. The maximum absolute atomic E-state index is 10.5. The van der Waals surface area contributed by atoms with Crippen molar-refractivity contribution in [2.75, 3.05) is 0 Å². The lowest BCUT2D eigenvalue weighted by Gasteiger charge is -2.05. The quantitative estimate of drug-likeness (QED) is 0.327. The summed E-state index contributed by atoms with van der Waals surface area (Å²) in [6.45, 7) is 2.07. The number of nitrogens with zero attached hydrogens (tertiary/aromatic N) is 1. The van der Waals surface area contributed by atoms with Crippen molar-refractivity contribution in [3.63, 3.8) is 0 Å². The number of carboxylic acids is 1.